The van der Waals surface area contributed by atoms with Crippen molar-refractivity contribution in [2.45, 2.75) is 32.2 Å². The highest BCUT2D eigenvalue weighted by Gasteiger charge is 2.26. The molecule has 0 aliphatic heterocycles. The van der Waals surface area contributed by atoms with Crippen LogP contribution in [0.2, 0.25) is 0 Å². The quantitative estimate of drug-likeness (QED) is 0.847. The first-order valence-electron chi connectivity index (χ1n) is 7.39. The maximum absolute atomic E-state index is 12.1. The number of rotatable bonds is 5. The summed E-state index contributed by atoms with van der Waals surface area (Å²) in [5, 5.41) is 3.31. The lowest BCUT2D eigenvalue weighted by molar-refractivity contribution is 0.162. The molecule has 1 atom stereocenters. The number of hydrogen-bond acceptors (Lipinski definition) is 3. The maximum Gasteiger partial charge on any atom is 0.414 e. The molecule has 1 aliphatic rings. The Kier molecular flexibility index (Phi) is 7.23. The Morgan fingerprint density at radius 1 is 1.55 bits per heavy atom. The Morgan fingerprint density at radius 3 is 3.00 bits per heavy atom. The van der Waals surface area contributed by atoms with Gasteiger partial charge < -0.3 is 9.64 Å². The number of terminal acetylenes is 1. The third-order valence-corrected chi connectivity index (χ3v) is 3.73. The number of carbonyl (C=O) groups is 1. The summed E-state index contributed by atoms with van der Waals surface area (Å²) >= 11 is 0. The van der Waals surface area contributed by atoms with Crippen molar-refractivity contribution in [2.24, 2.45) is 0 Å². The van der Waals surface area contributed by atoms with Gasteiger partial charge in [-0.25, -0.2) is 4.79 Å². The molecular weight excluding hydrogens is 300 g/mol. The van der Waals surface area contributed by atoms with Gasteiger partial charge in [0.2, 0.25) is 0 Å². The number of fused-ring (bicyclic) bond motifs is 1. The van der Waals surface area contributed by atoms with Crippen LogP contribution in [0.5, 0.6) is 5.75 Å². The van der Waals surface area contributed by atoms with Crippen molar-refractivity contribution < 1.29 is 9.53 Å². The van der Waals surface area contributed by atoms with E-state index in [-0.39, 0.29) is 24.5 Å². The van der Waals surface area contributed by atoms with Crippen molar-refractivity contribution in [2.75, 3.05) is 20.1 Å². The highest BCUT2D eigenvalue weighted by atomic mass is 35.5. The molecule has 1 aromatic carbocycles. The van der Waals surface area contributed by atoms with Crippen LogP contribution in [0.15, 0.2) is 18.2 Å². The first kappa shape index (κ1) is 18.3. The second-order valence-corrected chi connectivity index (χ2v) is 5.29. The van der Waals surface area contributed by atoms with Crippen LogP contribution in [0.1, 0.15) is 36.9 Å². The topological polar surface area (TPSA) is 41.6 Å². The lowest BCUT2D eigenvalue weighted by Crippen LogP contribution is -2.31. The van der Waals surface area contributed by atoms with E-state index in [1.54, 1.807) is 11.9 Å². The molecule has 0 saturated carbocycles. The average Bonchev–Trinajstić information content (AvgIpc) is 2.89. The van der Waals surface area contributed by atoms with E-state index >= 15 is 0 Å². The largest absolute Gasteiger partial charge is 0.414 e. The van der Waals surface area contributed by atoms with E-state index in [0.717, 1.165) is 24.8 Å². The number of carbonyl (C=O) groups excluding carboxylic acids is 1. The van der Waals surface area contributed by atoms with E-state index in [0.29, 0.717) is 18.8 Å². The fraction of sp³-hybridized carbons (Fsp3) is 0.471. The molecule has 120 valence electrons. The first-order valence-corrected chi connectivity index (χ1v) is 7.39. The minimum atomic E-state index is -0.312. The van der Waals surface area contributed by atoms with Gasteiger partial charge in [-0.1, -0.05) is 25.0 Å². The maximum atomic E-state index is 12.1. The molecule has 1 aromatic rings. The zero-order valence-corrected chi connectivity index (χ0v) is 13.9. The van der Waals surface area contributed by atoms with Crippen molar-refractivity contribution in [3.63, 3.8) is 0 Å². The smallest absolute Gasteiger partial charge is 0.410 e. The lowest BCUT2D eigenvalue weighted by atomic mass is 10.1. The molecule has 0 heterocycles. The van der Waals surface area contributed by atoms with Gasteiger partial charge in [0, 0.05) is 25.2 Å². The van der Waals surface area contributed by atoms with Gasteiger partial charge in [-0.05, 0) is 30.9 Å². The molecule has 0 radical (unpaired) electrons. The third kappa shape index (κ3) is 4.16. The lowest BCUT2D eigenvalue weighted by Gasteiger charge is -2.19. The molecule has 1 N–H and O–H groups in total. The Hall–Kier alpha value is -1.70. The number of benzene rings is 1. The summed E-state index contributed by atoms with van der Waals surface area (Å²) in [6, 6.07) is 6.04. The van der Waals surface area contributed by atoms with Gasteiger partial charge in [-0.2, -0.15) is 0 Å². The summed E-state index contributed by atoms with van der Waals surface area (Å²) in [5.41, 5.74) is 2.30. The minimum absolute atomic E-state index is 0. The second kappa shape index (κ2) is 8.67. The van der Waals surface area contributed by atoms with E-state index in [2.05, 4.69) is 17.3 Å². The summed E-state index contributed by atoms with van der Waals surface area (Å²) in [5.74, 6) is 3.24. The molecule has 1 aliphatic carbocycles. The second-order valence-electron chi connectivity index (χ2n) is 5.29. The van der Waals surface area contributed by atoms with Crippen molar-refractivity contribution in [1.29, 1.82) is 0 Å². The molecule has 0 spiro atoms. The third-order valence-electron chi connectivity index (χ3n) is 3.73. The Morgan fingerprint density at radius 2 is 2.32 bits per heavy atom. The van der Waals surface area contributed by atoms with E-state index < -0.39 is 0 Å². The fourth-order valence-electron chi connectivity index (χ4n) is 2.72. The van der Waals surface area contributed by atoms with Crippen molar-refractivity contribution >= 4 is 18.5 Å². The molecule has 0 fully saturated rings. The molecule has 22 heavy (non-hydrogen) atoms. The predicted molar refractivity (Wildman–Crippen MR) is 90.5 cm³/mol. The molecule has 0 aromatic heterocycles. The van der Waals surface area contributed by atoms with E-state index in [1.807, 2.05) is 19.1 Å². The average molecular weight is 323 g/mol. The number of amides is 1. The van der Waals surface area contributed by atoms with Crippen molar-refractivity contribution in [1.82, 2.24) is 10.2 Å². The van der Waals surface area contributed by atoms with Crippen LogP contribution < -0.4 is 10.1 Å². The zero-order chi connectivity index (χ0) is 15.2. The molecular formula is C17H23ClN2O2. The van der Waals surface area contributed by atoms with E-state index in [4.69, 9.17) is 11.2 Å². The number of nitrogens with zero attached hydrogens (tertiary/aromatic N) is 1. The fourth-order valence-corrected chi connectivity index (χ4v) is 2.72. The van der Waals surface area contributed by atoms with Gasteiger partial charge in [-0.15, -0.1) is 18.8 Å². The van der Waals surface area contributed by atoms with Gasteiger partial charge in [-0.3, -0.25) is 5.32 Å². The van der Waals surface area contributed by atoms with Crippen LogP contribution in [0, 0.1) is 12.3 Å². The molecule has 2 rings (SSSR count). The SMILES string of the molecule is C#CCNC1CCc2cccc(OC(=O)N(C)CCC)c21.Cl. The Labute approximate surface area is 138 Å². The number of halogens is 1. The van der Waals surface area contributed by atoms with Crippen molar-refractivity contribution in [3.05, 3.63) is 29.3 Å². The molecule has 1 unspecified atom stereocenters. The highest BCUT2D eigenvalue weighted by molar-refractivity contribution is 5.85. The summed E-state index contributed by atoms with van der Waals surface area (Å²) in [7, 11) is 1.75. The standard InChI is InChI=1S/C17H22N2O2.ClH/c1-4-11-18-14-10-9-13-7-6-8-15(16(13)14)21-17(20)19(3)12-5-2;/h1,6-8,14,18H,5,9-12H2,2-3H3;1H. The normalized spacial score (nSPS) is 15.4. The monoisotopic (exact) mass is 322 g/mol. The molecule has 0 saturated heterocycles. The number of nitrogens with one attached hydrogen (secondary N) is 1. The highest BCUT2D eigenvalue weighted by Crippen LogP contribution is 2.38. The molecule has 0 bridgehead atoms. The predicted octanol–water partition coefficient (Wildman–Crippen LogP) is 3.16. The van der Waals surface area contributed by atoms with Crippen LogP contribution in [0.25, 0.3) is 0 Å². The van der Waals surface area contributed by atoms with Gasteiger partial charge in [0.25, 0.3) is 0 Å². The Balaban J connectivity index is 0.00000242. The van der Waals surface area contributed by atoms with Gasteiger partial charge in [0.05, 0.1) is 6.54 Å². The van der Waals surface area contributed by atoms with Gasteiger partial charge in [0.1, 0.15) is 5.75 Å². The van der Waals surface area contributed by atoms with Crippen LogP contribution in [-0.2, 0) is 6.42 Å². The summed E-state index contributed by atoms with van der Waals surface area (Å²) < 4.78 is 5.58. The number of aryl methyl sites for hydroxylation is 1. The van der Waals surface area contributed by atoms with E-state index in [9.17, 15) is 4.79 Å². The summed E-state index contributed by atoms with van der Waals surface area (Å²) in [6.07, 6.45) is 7.87. The minimum Gasteiger partial charge on any atom is -0.410 e. The Bertz CT molecular complexity index is 554. The summed E-state index contributed by atoms with van der Waals surface area (Å²) in [4.78, 5) is 13.7. The zero-order valence-electron chi connectivity index (χ0n) is 13.1. The van der Waals surface area contributed by atoms with Crippen LogP contribution in [0.4, 0.5) is 4.79 Å². The van der Waals surface area contributed by atoms with Crippen molar-refractivity contribution in [3.8, 4) is 18.1 Å². The number of ether oxygens (including phenoxy) is 1. The van der Waals surface area contributed by atoms with Gasteiger partial charge >= 0.3 is 6.09 Å². The van der Waals surface area contributed by atoms with E-state index in [1.165, 1.54) is 5.56 Å². The molecule has 5 heteroatoms. The summed E-state index contributed by atoms with van der Waals surface area (Å²) in [6.45, 7) is 3.23. The van der Waals surface area contributed by atoms with Crippen LogP contribution in [0.3, 0.4) is 0 Å². The van der Waals surface area contributed by atoms with Crippen LogP contribution in [-0.4, -0.2) is 31.1 Å². The molecule has 4 nitrogen and oxygen atoms in total. The number of hydrogen-bond donors (Lipinski definition) is 1. The first-order chi connectivity index (χ1) is 10.2. The molecule has 1 amide bonds. The van der Waals surface area contributed by atoms with Crippen LogP contribution >= 0.6 is 12.4 Å². The van der Waals surface area contributed by atoms with Gasteiger partial charge in [0.15, 0.2) is 0 Å².